The van der Waals surface area contributed by atoms with E-state index in [-0.39, 0.29) is 36.1 Å². The third-order valence-corrected chi connectivity index (χ3v) is 8.45. The van der Waals surface area contributed by atoms with Gasteiger partial charge in [0.25, 0.3) is 11.9 Å². The molecule has 4 aromatic rings. The molecule has 2 aromatic carbocycles. The summed E-state index contributed by atoms with van der Waals surface area (Å²) in [6, 6.07) is 9.02. The highest BCUT2D eigenvalue weighted by molar-refractivity contribution is 6.02. The van der Waals surface area contributed by atoms with Crippen molar-refractivity contribution in [2.75, 3.05) is 4.90 Å². The lowest BCUT2D eigenvalue weighted by atomic mass is 10.0. The second-order valence-corrected chi connectivity index (χ2v) is 12.0. The van der Waals surface area contributed by atoms with E-state index in [0.717, 1.165) is 47.8 Å². The molecule has 0 atom stereocenters. The van der Waals surface area contributed by atoms with E-state index in [1.165, 1.54) is 11.9 Å². The van der Waals surface area contributed by atoms with Crippen LogP contribution in [0.3, 0.4) is 0 Å². The van der Waals surface area contributed by atoms with Crippen LogP contribution in [0.1, 0.15) is 71.8 Å². The highest BCUT2D eigenvalue weighted by Crippen LogP contribution is 2.45. The van der Waals surface area contributed by atoms with E-state index >= 15 is 0 Å². The summed E-state index contributed by atoms with van der Waals surface area (Å²) in [6.07, 6.45) is -5.00. The summed E-state index contributed by atoms with van der Waals surface area (Å²) in [5.41, 5.74) is -1.26. The molecule has 0 unspecified atom stereocenters. The van der Waals surface area contributed by atoms with Crippen LogP contribution in [0, 0.1) is 11.8 Å². The fourth-order valence-electron chi connectivity index (χ4n) is 6.12. The van der Waals surface area contributed by atoms with E-state index in [9.17, 15) is 31.1 Å². The van der Waals surface area contributed by atoms with E-state index < -0.39 is 30.0 Å². The Kier molecular flexibility index (Phi) is 8.02. The highest BCUT2D eigenvalue weighted by atomic mass is 19.4. The van der Waals surface area contributed by atoms with E-state index in [4.69, 9.17) is 0 Å². The lowest BCUT2D eigenvalue weighted by molar-refractivity contribution is -0.143. The lowest BCUT2D eigenvalue weighted by Gasteiger charge is -2.24. The van der Waals surface area contributed by atoms with Crippen LogP contribution in [0.25, 0.3) is 10.9 Å². The zero-order chi connectivity index (χ0) is 32.1. The van der Waals surface area contributed by atoms with Crippen LogP contribution in [-0.4, -0.2) is 36.7 Å². The molecule has 2 saturated carbocycles. The number of benzene rings is 2. The molecule has 2 aliphatic rings. The van der Waals surface area contributed by atoms with Crippen molar-refractivity contribution < 1.29 is 31.1 Å². The molecule has 0 spiro atoms. The molecule has 0 radical (unpaired) electrons. The van der Waals surface area contributed by atoms with Crippen LogP contribution >= 0.6 is 0 Å². The molecule has 0 saturated heterocycles. The number of hydrogen-bond acceptors (Lipinski definition) is 5. The molecule has 0 bridgehead atoms. The van der Waals surface area contributed by atoms with Crippen LogP contribution in [0.15, 0.2) is 42.5 Å². The summed E-state index contributed by atoms with van der Waals surface area (Å²) >= 11 is 0. The van der Waals surface area contributed by atoms with Crippen molar-refractivity contribution in [1.82, 2.24) is 30.1 Å². The van der Waals surface area contributed by atoms with Crippen molar-refractivity contribution in [3.8, 4) is 0 Å². The average Bonchev–Trinajstić information content (AvgIpc) is 3.92. The number of alkyl halides is 6. The van der Waals surface area contributed by atoms with Gasteiger partial charge in [-0.15, -0.1) is 5.10 Å². The maximum atomic E-state index is 14.1. The van der Waals surface area contributed by atoms with Crippen molar-refractivity contribution in [3.63, 3.8) is 0 Å². The van der Waals surface area contributed by atoms with Gasteiger partial charge in [0.1, 0.15) is 5.69 Å². The van der Waals surface area contributed by atoms with E-state index in [0.29, 0.717) is 41.8 Å². The number of carbonyl (C=O) groups is 1. The van der Waals surface area contributed by atoms with Gasteiger partial charge in [0, 0.05) is 42.1 Å². The summed E-state index contributed by atoms with van der Waals surface area (Å²) < 4.78 is 84.1. The van der Waals surface area contributed by atoms with Gasteiger partial charge >= 0.3 is 12.4 Å². The fourth-order valence-corrected chi connectivity index (χ4v) is 6.12. The SMILES string of the molecule is CCCn1c(C(=O)NC(C2CC2)C2CC2)c(CN(Cc2cc(C(F)(F)F)cc(C(F)(F)F)c2)c2nnn(C)n2)c2ccccc21. The van der Waals surface area contributed by atoms with Crippen molar-refractivity contribution >= 4 is 22.8 Å². The molecule has 240 valence electrons. The van der Waals surface area contributed by atoms with Crippen molar-refractivity contribution in [1.29, 1.82) is 0 Å². The molecule has 45 heavy (non-hydrogen) atoms. The molecule has 6 rings (SSSR count). The molecular weight excluding hydrogens is 600 g/mol. The Balaban J connectivity index is 1.44. The smallest absolute Gasteiger partial charge is 0.347 e. The number of halogens is 6. The molecule has 2 aromatic heterocycles. The number of hydrogen-bond donors (Lipinski definition) is 1. The van der Waals surface area contributed by atoms with Crippen molar-refractivity contribution in [2.45, 2.75) is 77.1 Å². The Morgan fingerprint density at radius 3 is 2.13 bits per heavy atom. The average molecular weight is 634 g/mol. The minimum absolute atomic E-state index is 0.00371. The van der Waals surface area contributed by atoms with Crippen LogP contribution in [-0.2, 0) is 39.0 Å². The molecule has 0 aliphatic heterocycles. The number of carbonyl (C=O) groups excluding carboxylic acids is 1. The Morgan fingerprint density at radius 1 is 0.978 bits per heavy atom. The van der Waals surface area contributed by atoms with Gasteiger partial charge in [-0.25, -0.2) is 0 Å². The number of para-hydroxylation sites is 1. The van der Waals surface area contributed by atoms with Gasteiger partial charge in [-0.3, -0.25) is 4.79 Å². The van der Waals surface area contributed by atoms with E-state index in [1.54, 1.807) is 0 Å². The van der Waals surface area contributed by atoms with Gasteiger partial charge in [0.05, 0.1) is 18.2 Å². The van der Waals surface area contributed by atoms with Crippen LogP contribution in [0.4, 0.5) is 32.3 Å². The van der Waals surface area contributed by atoms with Crippen LogP contribution in [0.2, 0.25) is 0 Å². The van der Waals surface area contributed by atoms with Gasteiger partial charge in [0.15, 0.2) is 0 Å². The van der Waals surface area contributed by atoms with Gasteiger partial charge < -0.3 is 14.8 Å². The van der Waals surface area contributed by atoms with Gasteiger partial charge in [0.2, 0.25) is 0 Å². The predicted octanol–water partition coefficient (Wildman–Crippen LogP) is 6.74. The van der Waals surface area contributed by atoms with E-state index in [1.807, 2.05) is 35.8 Å². The summed E-state index contributed by atoms with van der Waals surface area (Å²) in [5.74, 6) is 0.635. The maximum Gasteiger partial charge on any atom is 0.416 e. The number of fused-ring (bicyclic) bond motifs is 1. The number of tetrazole rings is 1. The number of amides is 1. The number of aryl methyl sites for hydroxylation is 2. The lowest BCUT2D eigenvalue weighted by Crippen LogP contribution is -2.39. The summed E-state index contributed by atoms with van der Waals surface area (Å²) in [6.45, 7) is 2.06. The first kappa shape index (κ1) is 30.9. The first-order chi connectivity index (χ1) is 21.3. The zero-order valence-electron chi connectivity index (χ0n) is 24.8. The highest BCUT2D eigenvalue weighted by Gasteiger charge is 2.43. The Morgan fingerprint density at radius 2 is 1.60 bits per heavy atom. The van der Waals surface area contributed by atoms with Gasteiger partial charge in [-0.2, -0.15) is 31.1 Å². The topological polar surface area (TPSA) is 80.9 Å². The Bertz CT molecular complexity index is 1660. The summed E-state index contributed by atoms with van der Waals surface area (Å²) in [5, 5.41) is 16.2. The number of nitrogens with zero attached hydrogens (tertiary/aromatic N) is 6. The fraction of sp³-hybridized carbons (Fsp3) is 0.484. The summed E-state index contributed by atoms with van der Waals surface area (Å²) in [4.78, 5) is 16.8. The second kappa shape index (κ2) is 11.7. The predicted molar refractivity (Wildman–Crippen MR) is 154 cm³/mol. The largest absolute Gasteiger partial charge is 0.416 e. The van der Waals surface area contributed by atoms with Crippen LogP contribution in [0.5, 0.6) is 0 Å². The summed E-state index contributed by atoms with van der Waals surface area (Å²) in [7, 11) is 1.50. The first-order valence-electron chi connectivity index (χ1n) is 15.0. The monoisotopic (exact) mass is 633 g/mol. The maximum absolute atomic E-state index is 14.1. The Labute approximate surface area is 255 Å². The normalized spacial score (nSPS) is 15.7. The van der Waals surface area contributed by atoms with Gasteiger partial charge in [-0.1, -0.05) is 30.2 Å². The van der Waals surface area contributed by atoms with Crippen LogP contribution < -0.4 is 10.2 Å². The first-order valence-corrected chi connectivity index (χ1v) is 15.0. The third-order valence-electron chi connectivity index (χ3n) is 8.45. The van der Waals surface area contributed by atoms with Crippen molar-refractivity contribution in [2.24, 2.45) is 18.9 Å². The molecule has 2 fully saturated rings. The quantitative estimate of drug-likeness (QED) is 0.185. The number of anilines is 1. The van der Waals surface area contributed by atoms with E-state index in [2.05, 4.69) is 20.7 Å². The number of aromatic nitrogens is 5. The molecule has 2 aliphatic carbocycles. The Hall–Kier alpha value is -4.10. The molecule has 1 amide bonds. The molecule has 2 heterocycles. The number of rotatable bonds is 11. The minimum atomic E-state index is -5.00. The number of nitrogens with one attached hydrogen (secondary N) is 1. The minimum Gasteiger partial charge on any atom is -0.347 e. The molecule has 14 heteroatoms. The molecule has 8 nitrogen and oxygen atoms in total. The van der Waals surface area contributed by atoms with Crippen molar-refractivity contribution in [3.05, 3.63) is 70.4 Å². The third kappa shape index (κ3) is 6.64. The molecular formula is C31H33F6N7O. The standard InChI is InChI=1S/C31H33F6N7O/c1-3-12-44-25-7-5-4-6-23(25)24(27(44)28(45)38-26(19-8-9-19)20-10-11-20)17-43(29-39-41-42(2)40-29)16-18-13-21(30(32,33)34)15-22(14-18)31(35,36)37/h4-7,13-15,19-20,26H,3,8-12,16-17H2,1-2H3,(H,38,45). The second-order valence-electron chi connectivity index (χ2n) is 12.0. The zero-order valence-corrected chi connectivity index (χ0v) is 24.8. The van der Waals surface area contributed by atoms with Gasteiger partial charge in [-0.05, 0) is 79.0 Å². The molecule has 1 N–H and O–H groups in total.